The van der Waals surface area contributed by atoms with Gasteiger partial charge in [0.1, 0.15) is 11.8 Å². The maximum Gasteiger partial charge on any atom is 0.185 e. The smallest absolute Gasteiger partial charge is 0.185 e. The van der Waals surface area contributed by atoms with Crippen molar-refractivity contribution in [3.63, 3.8) is 0 Å². The molecule has 2 aliphatic rings. The number of aromatic nitrogens is 1. The number of rotatable bonds is 4. The summed E-state index contributed by atoms with van der Waals surface area (Å²) in [5.41, 5.74) is 1.50. The third-order valence-corrected chi connectivity index (χ3v) is 6.63. The summed E-state index contributed by atoms with van der Waals surface area (Å²) in [7, 11) is 1.57. The molecule has 2 aliphatic heterocycles. The maximum absolute atomic E-state index is 14.0. The van der Waals surface area contributed by atoms with E-state index in [0.29, 0.717) is 16.9 Å². The van der Waals surface area contributed by atoms with E-state index < -0.39 is 23.4 Å². The highest BCUT2D eigenvalue weighted by Gasteiger charge is 2.63. The number of carbonyl (C=O) groups excluding carboxylic acids is 1. The third-order valence-electron chi connectivity index (χ3n) is 6.63. The highest BCUT2D eigenvalue weighted by atomic mass is 16.5. The van der Waals surface area contributed by atoms with E-state index in [1.54, 1.807) is 49.8 Å². The molecule has 6 heteroatoms. The van der Waals surface area contributed by atoms with Gasteiger partial charge in [-0.2, -0.15) is 10.5 Å². The van der Waals surface area contributed by atoms with Crippen LogP contribution in [0.1, 0.15) is 39.0 Å². The molecule has 3 heterocycles. The number of ether oxygens (including phenoxy) is 1. The lowest BCUT2D eigenvalue weighted by Crippen LogP contribution is -2.37. The Kier molecular flexibility index (Phi) is 4.92. The molecule has 1 aromatic heterocycles. The van der Waals surface area contributed by atoms with Gasteiger partial charge in [0.2, 0.25) is 0 Å². The number of hydrogen-bond acceptors (Lipinski definition) is 6. The summed E-state index contributed by atoms with van der Waals surface area (Å²) >= 11 is 0. The molecule has 0 spiro atoms. The minimum atomic E-state index is -1.49. The number of nitriles is 2. The van der Waals surface area contributed by atoms with E-state index in [0.717, 1.165) is 11.1 Å². The first-order chi connectivity index (χ1) is 16.1. The predicted octanol–water partition coefficient (Wildman–Crippen LogP) is 4.50. The van der Waals surface area contributed by atoms with Crippen molar-refractivity contribution in [2.45, 2.75) is 18.0 Å². The molecule has 1 saturated heterocycles. The second-order valence-corrected chi connectivity index (χ2v) is 8.19. The van der Waals surface area contributed by atoms with E-state index >= 15 is 0 Å². The van der Waals surface area contributed by atoms with Gasteiger partial charge in [0.05, 0.1) is 25.3 Å². The van der Waals surface area contributed by atoms with Crippen LogP contribution in [-0.2, 0) is 0 Å². The van der Waals surface area contributed by atoms with Crippen molar-refractivity contribution < 1.29 is 9.53 Å². The van der Waals surface area contributed by atoms with Gasteiger partial charge < -0.3 is 9.64 Å². The van der Waals surface area contributed by atoms with Crippen LogP contribution in [0.3, 0.4) is 0 Å². The quantitative estimate of drug-likeness (QED) is 0.564. The minimum absolute atomic E-state index is 0.159. The summed E-state index contributed by atoms with van der Waals surface area (Å²) in [6, 6.07) is 21.6. The van der Waals surface area contributed by atoms with Crippen molar-refractivity contribution in [2.75, 3.05) is 7.11 Å². The summed E-state index contributed by atoms with van der Waals surface area (Å²) < 4.78 is 5.23. The molecule has 0 aliphatic carbocycles. The van der Waals surface area contributed by atoms with Gasteiger partial charge in [-0.1, -0.05) is 30.3 Å². The van der Waals surface area contributed by atoms with Crippen molar-refractivity contribution in [1.29, 1.82) is 10.5 Å². The SMILES string of the molecule is COc1ccc(C(=O)C2C(c3cccnc3)C(C#N)(C#N)C3c4ccccc4C=CN23)cc1. The van der Waals surface area contributed by atoms with Crippen molar-refractivity contribution in [3.8, 4) is 17.9 Å². The highest BCUT2D eigenvalue weighted by Crippen LogP contribution is 2.59. The molecule has 2 aromatic carbocycles. The number of hydrogen-bond donors (Lipinski definition) is 0. The second kappa shape index (κ2) is 7.93. The van der Waals surface area contributed by atoms with Crippen LogP contribution in [0.15, 0.2) is 79.3 Å². The summed E-state index contributed by atoms with van der Waals surface area (Å²) in [6.07, 6.45) is 7.07. The number of methoxy groups -OCH3 is 1. The lowest BCUT2D eigenvalue weighted by Gasteiger charge is -2.34. The Morgan fingerprint density at radius 3 is 2.48 bits per heavy atom. The molecule has 3 aromatic rings. The Hall–Kier alpha value is -4.42. The number of carbonyl (C=O) groups is 1. The van der Waals surface area contributed by atoms with Crippen LogP contribution in [0.25, 0.3) is 6.08 Å². The third kappa shape index (κ3) is 3.00. The van der Waals surface area contributed by atoms with Crippen LogP contribution in [0.4, 0.5) is 0 Å². The van der Waals surface area contributed by atoms with Crippen LogP contribution in [0.2, 0.25) is 0 Å². The fraction of sp³-hybridized carbons (Fsp3) is 0.185. The van der Waals surface area contributed by atoms with Gasteiger partial charge in [0, 0.05) is 30.1 Å². The Bertz CT molecular complexity index is 1300. The molecule has 0 amide bonds. The maximum atomic E-state index is 14.0. The van der Waals surface area contributed by atoms with E-state index in [9.17, 15) is 15.3 Å². The van der Waals surface area contributed by atoms with Crippen molar-refractivity contribution in [2.24, 2.45) is 5.41 Å². The molecule has 6 nitrogen and oxygen atoms in total. The molecule has 5 rings (SSSR count). The van der Waals surface area contributed by atoms with Gasteiger partial charge in [-0.3, -0.25) is 9.78 Å². The molecule has 0 bridgehead atoms. The van der Waals surface area contributed by atoms with Gasteiger partial charge in [-0.05, 0) is 53.1 Å². The molecule has 0 radical (unpaired) electrons. The normalized spacial score (nSPS) is 21.9. The monoisotopic (exact) mass is 432 g/mol. The summed E-state index contributed by atoms with van der Waals surface area (Å²) in [5.74, 6) is -0.209. The van der Waals surface area contributed by atoms with Gasteiger partial charge in [-0.15, -0.1) is 0 Å². The average Bonchev–Trinajstić information content (AvgIpc) is 3.20. The van der Waals surface area contributed by atoms with E-state index in [2.05, 4.69) is 17.1 Å². The number of fused-ring (bicyclic) bond motifs is 3. The number of benzene rings is 2. The van der Waals surface area contributed by atoms with Gasteiger partial charge in [0.15, 0.2) is 11.2 Å². The van der Waals surface area contributed by atoms with Gasteiger partial charge in [-0.25, -0.2) is 0 Å². The largest absolute Gasteiger partial charge is 0.497 e. The fourth-order valence-electron chi connectivity index (χ4n) is 5.15. The topological polar surface area (TPSA) is 90.0 Å². The molecular formula is C27H20N4O2. The van der Waals surface area contributed by atoms with Crippen LogP contribution < -0.4 is 4.74 Å². The van der Waals surface area contributed by atoms with Crippen LogP contribution in [-0.4, -0.2) is 28.8 Å². The molecule has 3 atom stereocenters. The minimum Gasteiger partial charge on any atom is -0.497 e. The molecule has 160 valence electrons. The molecule has 3 unspecified atom stereocenters. The first-order valence-corrected chi connectivity index (χ1v) is 10.6. The molecular weight excluding hydrogens is 412 g/mol. The van der Waals surface area contributed by atoms with Crippen LogP contribution in [0.5, 0.6) is 5.75 Å². The predicted molar refractivity (Wildman–Crippen MR) is 122 cm³/mol. The molecule has 33 heavy (non-hydrogen) atoms. The summed E-state index contributed by atoms with van der Waals surface area (Å²) in [5, 5.41) is 21.0. The molecule has 0 saturated carbocycles. The Balaban J connectivity index is 1.74. The summed E-state index contributed by atoms with van der Waals surface area (Å²) in [4.78, 5) is 20.1. The first-order valence-electron chi connectivity index (χ1n) is 10.6. The van der Waals surface area contributed by atoms with Gasteiger partial charge in [0.25, 0.3) is 0 Å². The lowest BCUT2D eigenvalue weighted by atomic mass is 9.67. The Morgan fingerprint density at radius 2 is 1.82 bits per heavy atom. The van der Waals surface area contributed by atoms with Crippen LogP contribution >= 0.6 is 0 Å². The Morgan fingerprint density at radius 1 is 1.06 bits per heavy atom. The van der Waals surface area contributed by atoms with Crippen LogP contribution in [0, 0.1) is 28.1 Å². The van der Waals surface area contributed by atoms with E-state index in [-0.39, 0.29) is 5.78 Å². The lowest BCUT2D eigenvalue weighted by molar-refractivity contribution is 0.0874. The number of nitrogens with zero attached hydrogens (tertiary/aromatic N) is 4. The fourth-order valence-corrected chi connectivity index (χ4v) is 5.15. The second-order valence-electron chi connectivity index (χ2n) is 8.19. The number of Topliss-reactive ketones (excluding diaryl/α,β-unsaturated/α-hetero) is 1. The zero-order chi connectivity index (χ0) is 23.0. The van der Waals surface area contributed by atoms with E-state index in [4.69, 9.17) is 4.74 Å². The zero-order valence-corrected chi connectivity index (χ0v) is 17.9. The van der Waals surface area contributed by atoms with E-state index in [1.165, 1.54) is 0 Å². The number of ketones is 1. The highest BCUT2D eigenvalue weighted by molar-refractivity contribution is 6.02. The first kappa shape index (κ1) is 20.5. The average molecular weight is 432 g/mol. The number of pyridine rings is 1. The Labute approximate surface area is 192 Å². The molecule has 0 N–H and O–H groups in total. The van der Waals surface area contributed by atoms with E-state index in [1.807, 2.05) is 47.5 Å². The molecule has 1 fully saturated rings. The summed E-state index contributed by atoms with van der Waals surface area (Å²) in [6.45, 7) is 0. The zero-order valence-electron chi connectivity index (χ0n) is 17.9. The van der Waals surface area contributed by atoms with Crippen molar-refractivity contribution in [3.05, 3.63) is 102 Å². The van der Waals surface area contributed by atoms with Crippen molar-refractivity contribution >= 4 is 11.9 Å². The van der Waals surface area contributed by atoms with Gasteiger partial charge >= 0.3 is 0 Å². The standard InChI is InChI=1S/C27H20N4O2/c1-33-21-10-8-19(9-11-21)25(32)24-23(20-6-4-13-30-15-20)27(16-28,17-29)26-22-7-3-2-5-18(22)12-14-31(24)26/h2-15,23-24,26H,1H3. The van der Waals surface area contributed by atoms with Crippen molar-refractivity contribution in [1.82, 2.24) is 9.88 Å².